The quantitative estimate of drug-likeness (QED) is 0.661. The fraction of sp³-hybridized carbons (Fsp3) is 0.200. The molecule has 0 bridgehead atoms. The van der Waals surface area contributed by atoms with Crippen molar-refractivity contribution >= 4 is 43.5 Å². The largest absolute Gasteiger partial charge is 0.283 e. The van der Waals surface area contributed by atoms with Crippen molar-refractivity contribution in [3.8, 4) is 0 Å². The molecule has 6 nitrogen and oxygen atoms in total. The van der Waals surface area contributed by atoms with Gasteiger partial charge >= 0.3 is 0 Å². The van der Waals surface area contributed by atoms with E-state index < -0.39 is 15.9 Å². The van der Waals surface area contributed by atoms with Gasteiger partial charge in [-0.1, -0.05) is 15.9 Å². The number of carbonyl (C=O) groups excluding carboxylic acids is 2. The van der Waals surface area contributed by atoms with Gasteiger partial charge in [-0.25, -0.2) is 8.42 Å². The number of rotatable bonds is 3. The highest BCUT2D eigenvalue weighted by Gasteiger charge is 2.32. The molecule has 0 aliphatic carbocycles. The lowest BCUT2D eigenvalue weighted by Crippen LogP contribution is -2.24. The van der Waals surface area contributed by atoms with Crippen LogP contribution in [0.4, 0.5) is 5.69 Å². The van der Waals surface area contributed by atoms with Crippen molar-refractivity contribution < 1.29 is 18.0 Å². The van der Waals surface area contributed by atoms with Gasteiger partial charge in [-0.15, -0.1) is 0 Å². The van der Waals surface area contributed by atoms with Crippen LogP contribution in [0.3, 0.4) is 0 Å². The number of hydrogen-bond acceptors (Lipinski definition) is 4. The summed E-state index contributed by atoms with van der Waals surface area (Å²) in [5.74, 6) is -0.820. The molecule has 0 aromatic heterocycles. The van der Waals surface area contributed by atoms with Crippen molar-refractivity contribution in [2.24, 2.45) is 0 Å². The Labute approximate surface area is 112 Å². The molecular formula is C10H9BrN2O4S. The molecule has 0 saturated heterocycles. The molecule has 0 radical (unpaired) electrons. The molecular weight excluding hydrogens is 324 g/mol. The minimum Gasteiger partial charge on any atom is -0.283 e. The molecule has 18 heavy (non-hydrogen) atoms. The van der Waals surface area contributed by atoms with Crippen molar-refractivity contribution in [1.82, 2.24) is 4.90 Å². The summed E-state index contributed by atoms with van der Waals surface area (Å²) in [6, 6.07) is 4.24. The number of nitrogens with zero attached hydrogens (tertiary/aromatic N) is 1. The van der Waals surface area contributed by atoms with Gasteiger partial charge in [0.15, 0.2) is 0 Å². The van der Waals surface area contributed by atoms with E-state index in [0.29, 0.717) is 0 Å². The van der Waals surface area contributed by atoms with Gasteiger partial charge in [0.25, 0.3) is 11.8 Å². The van der Waals surface area contributed by atoms with Crippen molar-refractivity contribution in [1.29, 1.82) is 0 Å². The van der Waals surface area contributed by atoms with E-state index in [2.05, 4.69) is 20.7 Å². The van der Waals surface area contributed by atoms with Crippen LogP contribution in [-0.4, -0.2) is 36.8 Å². The van der Waals surface area contributed by atoms with Crippen molar-refractivity contribution in [2.75, 3.05) is 16.4 Å². The highest BCUT2D eigenvalue weighted by molar-refractivity contribution is 9.10. The molecule has 2 amide bonds. The fourth-order valence-corrected chi connectivity index (χ4v) is 2.52. The lowest BCUT2D eigenvalue weighted by atomic mass is 10.1. The van der Waals surface area contributed by atoms with E-state index in [1.54, 1.807) is 0 Å². The van der Waals surface area contributed by atoms with Gasteiger partial charge in [0.1, 0.15) is 4.66 Å². The minimum absolute atomic E-state index is 0.206. The molecule has 2 rings (SSSR count). The summed E-state index contributed by atoms with van der Waals surface area (Å²) in [5.41, 5.74) is 0.742. The van der Waals surface area contributed by atoms with Crippen LogP contribution in [0.1, 0.15) is 20.7 Å². The highest BCUT2D eigenvalue weighted by Crippen LogP contribution is 2.25. The maximum Gasteiger partial charge on any atom is 0.261 e. The normalized spacial score (nSPS) is 14.9. The minimum atomic E-state index is -3.48. The van der Waals surface area contributed by atoms with Crippen molar-refractivity contribution in [2.45, 2.75) is 0 Å². The van der Waals surface area contributed by atoms with Gasteiger partial charge in [0, 0.05) is 12.7 Å². The second-order valence-corrected chi connectivity index (χ2v) is 6.78. The van der Waals surface area contributed by atoms with Gasteiger partial charge in [-0.3, -0.25) is 19.2 Å². The van der Waals surface area contributed by atoms with Gasteiger partial charge < -0.3 is 0 Å². The molecule has 0 unspecified atom stereocenters. The first-order valence-electron chi connectivity index (χ1n) is 4.88. The summed E-state index contributed by atoms with van der Waals surface area (Å²) in [5, 5.41) is 0. The molecule has 1 N–H and O–H groups in total. The molecule has 1 aromatic rings. The average Bonchev–Trinajstić information content (AvgIpc) is 2.54. The Kier molecular flexibility index (Phi) is 3.16. The van der Waals surface area contributed by atoms with Crippen LogP contribution in [0, 0.1) is 0 Å². The zero-order valence-corrected chi connectivity index (χ0v) is 11.7. The Morgan fingerprint density at radius 1 is 1.22 bits per heavy atom. The molecule has 0 saturated carbocycles. The first-order chi connectivity index (χ1) is 8.35. The first kappa shape index (κ1) is 13.0. The second-order valence-electron chi connectivity index (χ2n) is 3.76. The third-order valence-corrected chi connectivity index (χ3v) is 5.15. The van der Waals surface area contributed by atoms with Crippen LogP contribution in [0.5, 0.6) is 0 Å². The van der Waals surface area contributed by atoms with Crippen molar-refractivity contribution in [3.05, 3.63) is 29.3 Å². The van der Waals surface area contributed by atoms with E-state index in [-0.39, 0.29) is 27.4 Å². The third kappa shape index (κ3) is 2.13. The fourth-order valence-electron chi connectivity index (χ4n) is 1.63. The lowest BCUT2D eigenvalue weighted by Gasteiger charge is -2.05. The predicted octanol–water partition coefficient (Wildman–Crippen LogP) is 1.01. The average molecular weight is 333 g/mol. The summed E-state index contributed by atoms with van der Waals surface area (Å²) < 4.78 is 24.8. The van der Waals surface area contributed by atoms with Crippen molar-refractivity contribution in [3.63, 3.8) is 0 Å². The maximum atomic E-state index is 11.7. The molecule has 0 fully saturated rings. The number of alkyl halides is 1. The summed E-state index contributed by atoms with van der Waals surface area (Å²) in [6.07, 6.45) is 0. The Morgan fingerprint density at radius 2 is 1.83 bits per heavy atom. The van der Waals surface area contributed by atoms with Gasteiger partial charge in [-0.2, -0.15) is 0 Å². The molecule has 1 aromatic carbocycles. The summed E-state index contributed by atoms with van der Waals surface area (Å²) in [6.45, 7) is 0. The van der Waals surface area contributed by atoms with Crippen LogP contribution in [0.15, 0.2) is 18.2 Å². The van der Waals surface area contributed by atoms with Crippen LogP contribution in [0.2, 0.25) is 0 Å². The third-order valence-electron chi connectivity index (χ3n) is 2.51. The number of hydrogen-bond donors (Lipinski definition) is 1. The predicted molar refractivity (Wildman–Crippen MR) is 69.2 cm³/mol. The van der Waals surface area contributed by atoms with Crippen LogP contribution >= 0.6 is 15.9 Å². The maximum absolute atomic E-state index is 11.7. The monoisotopic (exact) mass is 332 g/mol. The molecule has 1 aliphatic rings. The van der Waals surface area contributed by atoms with E-state index in [9.17, 15) is 18.0 Å². The van der Waals surface area contributed by atoms with Gasteiger partial charge in [-0.05, 0) is 18.2 Å². The number of benzene rings is 1. The number of amides is 2. The topological polar surface area (TPSA) is 83.6 Å². The molecule has 0 atom stereocenters. The number of anilines is 1. The molecule has 96 valence electrons. The summed E-state index contributed by atoms with van der Waals surface area (Å²) in [4.78, 5) is 24.3. The van der Waals surface area contributed by atoms with E-state index in [1.165, 1.54) is 25.2 Å². The Balaban J connectivity index is 2.41. The zero-order valence-electron chi connectivity index (χ0n) is 9.31. The Bertz CT molecular complexity index is 641. The molecule has 1 aliphatic heterocycles. The standard InChI is InChI=1S/C10H9BrN2O4S/c1-13-9(14)7-3-2-6(4-8(7)10(13)15)12-18(16,17)5-11/h2-4,12H,5H2,1H3. The molecule has 1 heterocycles. The van der Waals surface area contributed by atoms with Crippen LogP contribution < -0.4 is 4.72 Å². The first-order valence-corrected chi connectivity index (χ1v) is 7.66. The number of halogens is 1. The zero-order chi connectivity index (χ0) is 13.5. The number of imide groups is 1. The van der Waals surface area contributed by atoms with Gasteiger partial charge in [0.05, 0.1) is 11.1 Å². The van der Waals surface area contributed by atoms with Gasteiger partial charge in [0.2, 0.25) is 10.0 Å². The Hall–Kier alpha value is -1.41. The van der Waals surface area contributed by atoms with E-state index in [0.717, 1.165) is 4.90 Å². The lowest BCUT2D eigenvalue weighted by molar-refractivity contribution is 0.0693. The van der Waals surface area contributed by atoms with Crippen LogP contribution in [0.25, 0.3) is 0 Å². The second kappa shape index (κ2) is 4.36. The highest BCUT2D eigenvalue weighted by atomic mass is 79.9. The van der Waals surface area contributed by atoms with E-state index in [4.69, 9.17) is 0 Å². The SMILES string of the molecule is CN1C(=O)c2ccc(NS(=O)(=O)CBr)cc2C1=O. The summed E-state index contributed by atoms with van der Waals surface area (Å²) >= 11 is 2.84. The van der Waals surface area contributed by atoms with E-state index in [1.807, 2.05) is 0 Å². The molecule has 8 heteroatoms. The number of nitrogens with one attached hydrogen (secondary N) is 1. The summed E-state index contributed by atoms with van der Waals surface area (Å²) in [7, 11) is -2.10. The number of sulfonamides is 1. The Morgan fingerprint density at radius 3 is 2.44 bits per heavy atom. The number of fused-ring (bicyclic) bond motifs is 1. The van der Waals surface area contributed by atoms with E-state index >= 15 is 0 Å². The molecule has 0 spiro atoms. The number of carbonyl (C=O) groups is 2. The van der Waals surface area contributed by atoms with Crippen LogP contribution in [-0.2, 0) is 10.0 Å². The smallest absolute Gasteiger partial charge is 0.261 e.